The van der Waals surface area contributed by atoms with Gasteiger partial charge in [0, 0.05) is 6.42 Å². The third-order valence-electron chi connectivity index (χ3n) is 1.48. The van der Waals surface area contributed by atoms with Crippen molar-refractivity contribution >= 4 is 5.97 Å². The summed E-state index contributed by atoms with van der Waals surface area (Å²) in [6.45, 7) is 1.90. The van der Waals surface area contributed by atoms with Gasteiger partial charge >= 0.3 is 5.97 Å². The van der Waals surface area contributed by atoms with Gasteiger partial charge in [0.05, 0.1) is 0 Å². The van der Waals surface area contributed by atoms with Crippen LogP contribution in [0.4, 0.5) is 0 Å². The van der Waals surface area contributed by atoms with Gasteiger partial charge in [-0.25, -0.2) is 0 Å². The van der Waals surface area contributed by atoms with Gasteiger partial charge in [-0.2, -0.15) is 10.2 Å². The number of nitrogens with zero attached hydrogens (tertiary/aromatic N) is 2. The van der Waals surface area contributed by atoms with Crippen molar-refractivity contribution in [2.75, 3.05) is 0 Å². The van der Waals surface area contributed by atoms with Gasteiger partial charge < -0.3 is 5.11 Å². The van der Waals surface area contributed by atoms with E-state index in [1.807, 2.05) is 6.92 Å². The van der Waals surface area contributed by atoms with Crippen LogP contribution in [0, 0.1) is 0 Å². The molecule has 0 atom stereocenters. The number of carboxylic acids is 1. The van der Waals surface area contributed by atoms with Crippen LogP contribution in [0.25, 0.3) is 0 Å². The van der Waals surface area contributed by atoms with Gasteiger partial charge in [0.1, 0.15) is 0 Å². The second kappa shape index (κ2) is 2.36. The molecule has 4 nitrogen and oxygen atoms in total. The van der Waals surface area contributed by atoms with Gasteiger partial charge in [0.15, 0.2) is 5.66 Å². The molecule has 56 valence electrons. The molecular weight excluding hydrogens is 132 g/mol. The van der Waals surface area contributed by atoms with Crippen molar-refractivity contribution in [1.82, 2.24) is 0 Å². The van der Waals surface area contributed by atoms with Gasteiger partial charge in [0.2, 0.25) is 0 Å². The van der Waals surface area contributed by atoms with E-state index in [-0.39, 0.29) is 12.1 Å². The van der Waals surface area contributed by atoms with Crippen LogP contribution in [0.15, 0.2) is 10.2 Å². The summed E-state index contributed by atoms with van der Waals surface area (Å²) in [7, 11) is 0. The molecule has 0 aromatic carbocycles. The predicted molar refractivity (Wildman–Crippen MR) is 34.7 cm³/mol. The fraction of sp³-hybridized carbons (Fsp3) is 0.833. The van der Waals surface area contributed by atoms with E-state index in [1.165, 1.54) is 0 Å². The maximum atomic E-state index is 10.0. The Balaban J connectivity index is 2.01. The summed E-state index contributed by atoms with van der Waals surface area (Å²) in [5.41, 5.74) is -0.227. The Labute approximate surface area is 59.0 Å². The molecule has 0 unspecified atom stereocenters. The Morgan fingerprint density at radius 3 is 2.60 bits per heavy atom. The lowest BCUT2D eigenvalue weighted by atomic mass is 10.1. The predicted octanol–water partition coefficient (Wildman–Crippen LogP) is 1.42. The molecule has 0 spiro atoms. The SMILES string of the molecule is CC1(CCCC(=O)O)N=N1. The van der Waals surface area contributed by atoms with E-state index in [9.17, 15) is 4.79 Å². The van der Waals surface area contributed by atoms with Gasteiger partial charge in [-0.05, 0) is 19.8 Å². The van der Waals surface area contributed by atoms with Crippen molar-refractivity contribution in [2.45, 2.75) is 31.8 Å². The molecule has 0 fully saturated rings. The van der Waals surface area contributed by atoms with E-state index in [4.69, 9.17) is 5.11 Å². The Bertz CT molecular complexity index is 171. The van der Waals surface area contributed by atoms with Gasteiger partial charge in [-0.3, -0.25) is 4.79 Å². The Hall–Kier alpha value is -0.930. The standard InChI is InChI=1S/C6H10N2O2/c1-6(7-8-6)4-2-3-5(9)10/h2-4H2,1H3,(H,9,10). The molecule has 10 heavy (non-hydrogen) atoms. The molecule has 1 heterocycles. The first-order chi connectivity index (χ1) is 4.62. The van der Waals surface area contributed by atoms with E-state index in [2.05, 4.69) is 10.2 Å². The third kappa shape index (κ3) is 2.13. The molecule has 1 rings (SSSR count). The van der Waals surface area contributed by atoms with Crippen molar-refractivity contribution in [3.63, 3.8) is 0 Å². The fourth-order valence-electron chi connectivity index (χ4n) is 0.760. The van der Waals surface area contributed by atoms with Gasteiger partial charge in [0.25, 0.3) is 0 Å². The minimum absolute atomic E-state index is 0.223. The molecule has 1 aliphatic heterocycles. The number of hydrogen-bond acceptors (Lipinski definition) is 3. The monoisotopic (exact) mass is 142 g/mol. The lowest BCUT2D eigenvalue weighted by Crippen LogP contribution is -2.05. The molecule has 0 amide bonds. The van der Waals surface area contributed by atoms with Crippen LogP contribution in [0.3, 0.4) is 0 Å². The van der Waals surface area contributed by atoms with E-state index in [0.29, 0.717) is 6.42 Å². The van der Waals surface area contributed by atoms with E-state index >= 15 is 0 Å². The first-order valence-corrected chi connectivity index (χ1v) is 3.28. The average Bonchev–Trinajstić information content (AvgIpc) is 2.47. The molecule has 0 saturated carbocycles. The van der Waals surface area contributed by atoms with Gasteiger partial charge in [-0.15, -0.1) is 0 Å². The zero-order valence-corrected chi connectivity index (χ0v) is 5.87. The highest BCUT2D eigenvalue weighted by atomic mass is 16.4. The minimum atomic E-state index is -0.746. The van der Waals surface area contributed by atoms with Crippen LogP contribution in [0.5, 0.6) is 0 Å². The zero-order valence-electron chi connectivity index (χ0n) is 5.87. The Kier molecular flexibility index (Phi) is 1.70. The number of hydrogen-bond donors (Lipinski definition) is 1. The minimum Gasteiger partial charge on any atom is -0.481 e. The molecular formula is C6H10N2O2. The Morgan fingerprint density at radius 2 is 2.20 bits per heavy atom. The maximum absolute atomic E-state index is 10.0. The van der Waals surface area contributed by atoms with Crippen molar-refractivity contribution < 1.29 is 9.90 Å². The summed E-state index contributed by atoms with van der Waals surface area (Å²) in [4.78, 5) is 10.0. The summed E-state index contributed by atoms with van der Waals surface area (Å²) < 4.78 is 0. The quantitative estimate of drug-likeness (QED) is 0.645. The lowest BCUT2D eigenvalue weighted by molar-refractivity contribution is -0.137. The largest absolute Gasteiger partial charge is 0.481 e. The van der Waals surface area contributed by atoms with Crippen molar-refractivity contribution in [2.24, 2.45) is 10.2 Å². The fourth-order valence-corrected chi connectivity index (χ4v) is 0.760. The highest BCUT2D eigenvalue weighted by Crippen LogP contribution is 2.32. The maximum Gasteiger partial charge on any atom is 0.303 e. The second-order valence-electron chi connectivity index (χ2n) is 2.66. The first kappa shape index (κ1) is 7.18. The summed E-state index contributed by atoms with van der Waals surface area (Å²) >= 11 is 0. The molecule has 0 aromatic rings. The molecule has 4 heteroatoms. The van der Waals surface area contributed by atoms with Crippen LogP contribution in [-0.2, 0) is 4.79 Å². The molecule has 0 bridgehead atoms. The van der Waals surface area contributed by atoms with Gasteiger partial charge in [-0.1, -0.05) is 0 Å². The van der Waals surface area contributed by atoms with E-state index < -0.39 is 5.97 Å². The van der Waals surface area contributed by atoms with Crippen LogP contribution in [0.2, 0.25) is 0 Å². The number of rotatable bonds is 4. The topological polar surface area (TPSA) is 62.0 Å². The normalized spacial score (nSPS) is 18.9. The highest BCUT2D eigenvalue weighted by Gasteiger charge is 2.32. The summed E-state index contributed by atoms with van der Waals surface area (Å²) in [5.74, 6) is -0.746. The third-order valence-corrected chi connectivity index (χ3v) is 1.48. The van der Waals surface area contributed by atoms with Crippen LogP contribution >= 0.6 is 0 Å². The summed E-state index contributed by atoms with van der Waals surface area (Å²) in [6, 6.07) is 0. The zero-order chi connectivity index (χ0) is 7.61. The Morgan fingerprint density at radius 1 is 1.60 bits per heavy atom. The second-order valence-corrected chi connectivity index (χ2v) is 2.66. The first-order valence-electron chi connectivity index (χ1n) is 3.28. The molecule has 0 radical (unpaired) electrons. The lowest BCUT2D eigenvalue weighted by Gasteiger charge is -1.99. The van der Waals surface area contributed by atoms with Crippen molar-refractivity contribution in [1.29, 1.82) is 0 Å². The number of carboxylic acid groups (broad SMARTS) is 1. The molecule has 0 saturated heterocycles. The summed E-state index contributed by atoms with van der Waals surface area (Å²) in [6.07, 6.45) is 1.65. The number of carbonyl (C=O) groups is 1. The van der Waals surface area contributed by atoms with E-state index in [0.717, 1.165) is 6.42 Å². The molecule has 1 N–H and O–H groups in total. The summed E-state index contributed by atoms with van der Waals surface area (Å²) in [5, 5.41) is 15.8. The molecule has 0 aromatic heterocycles. The van der Waals surface area contributed by atoms with Crippen molar-refractivity contribution in [3.8, 4) is 0 Å². The molecule has 0 aliphatic carbocycles. The smallest absolute Gasteiger partial charge is 0.303 e. The number of aliphatic carboxylic acids is 1. The molecule has 1 aliphatic rings. The van der Waals surface area contributed by atoms with Crippen LogP contribution in [-0.4, -0.2) is 16.7 Å². The van der Waals surface area contributed by atoms with Crippen LogP contribution in [0.1, 0.15) is 26.2 Å². The van der Waals surface area contributed by atoms with E-state index in [1.54, 1.807) is 0 Å². The van der Waals surface area contributed by atoms with Crippen molar-refractivity contribution in [3.05, 3.63) is 0 Å². The van der Waals surface area contributed by atoms with Crippen LogP contribution < -0.4 is 0 Å². The highest BCUT2D eigenvalue weighted by molar-refractivity contribution is 5.66. The average molecular weight is 142 g/mol.